The standard InChI is InChI=1S/C12H13Cl2NO2/c13-8-4-5-9(14)11(7-8)17-10-3-1-2-6-15-12(10)16/h4-5,7,10H,1-3,6H2,(H,15,16). The smallest absolute Gasteiger partial charge is 0.261 e. The van der Waals surface area contributed by atoms with E-state index >= 15 is 0 Å². The quantitative estimate of drug-likeness (QED) is 0.900. The Balaban J connectivity index is 2.13. The van der Waals surface area contributed by atoms with E-state index in [2.05, 4.69) is 5.32 Å². The molecule has 1 aromatic carbocycles. The lowest BCUT2D eigenvalue weighted by Gasteiger charge is -2.16. The maximum Gasteiger partial charge on any atom is 0.261 e. The van der Waals surface area contributed by atoms with Gasteiger partial charge in [0, 0.05) is 17.6 Å². The van der Waals surface area contributed by atoms with Gasteiger partial charge in [-0.25, -0.2) is 0 Å². The highest BCUT2D eigenvalue weighted by Gasteiger charge is 2.23. The van der Waals surface area contributed by atoms with Gasteiger partial charge in [0.15, 0.2) is 6.10 Å². The number of halogens is 2. The van der Waals surface area contributed by atoms with Gasteiger partial charge in [0.05, 0.1) is 5.02 Å². The molecule has 1 atom stereocenters. The van der Waals surface area contributed by atoms with Crippen LogP contribution in [-0.4, -0.2) is 18.6 Å². The van der Waals surface area contributed by atoms with Gasteiger partial charge in [-0.05, 0) is 31.4 Å². The third-order valence-electron chi connectivity index (χ3n) is 2.65. The van der Waals surface area contributed by atoms with Crippen LogP contribution in [0.2, 0.25) is 10.0 Å². The fourth-order valence-corrected chi connectivity index (χ4v) is 2.07. The van der Waals surface area contributed by atoms with Crippen LogP contribution in [0.15, 0.2) is 18.2 Å². The predicted molar refractivity (Wildman–Crippen MR) is 67.7 cm³/mol. The summed E-state index contributed by atoms with van der Waals surface area (Å²) in [5.74, 6) is 0.375. The molecule has 0 saturated carbocycles. The number of carbonyl (C=O) groups excluding carboxylic acids is 1. The number of nitrogens with one attached hydrogen (secondary N) is 1. The average molecular weight is 274 g/mol. The monoisotopic (exact) mass is 273 g/mol. The lowest BCUT2D eigenvalue weighted by molar-refractivity contribution is -0.127. The summed E-state index contributed by atoms with van der Waals surface area (Å²) in [6.07, 6.45) is 2.17. The van der Waals surface area contributed by atoms with Gasteiger partial charge in [0.25, 0.3) is 5.91 Å². The normalized spacial score (nSPS) is 20.6. The van der Waals surface area contributed by atoms with Crippen LogP contribution in [0.25, 0.3) is 0 Å². The minimum Gasteiger partial charge on any atom is -0.479 e. The number of ether oxygens (including phenoxy) is 1. The van der Waals surface area contributed by atoms with Crippen LogP contribution in [0.4, 0.5) is 0 Å². The van der Waals surface area contributed by atoms with Crippen LogP contribution in [0.5, 0.6) is 5.75 Å². The van der Waals surface area contributed by atoms with Gasteiger partial charge >= 0.3 is 0 Å². The Morgan fingerprint density at radius 2 is 2.12 bits per heavy atom. The van der Waals surface area contributed by atoms with E-state index in [4.69, 9.17) is 27.9 Å². The number of amides is 1. The van der Waals surface area contributed by atoms with Crippen LogP contribution < -0.4 is 10.1 Å². The Kier molecular flexibility index (Phi) is 4.13. The summed E-state index contributed by atoms with van der Waals surface area (Å²) in [5, 5.41) is 3.81. The van der Waals surface area contributed by atoms with Gasteiger partial charge in [-0.1, -0.05) is 23.2 Å². The van der Waals surface area contributed by atoms with E-state index in [-0.39, 0.29) is 5.91 Å². The zero-order valence-corrected chi connectivity index (χ0v) is 10.7. The van der Waals surface area contributed by atoms with Gasteiger partial charge in [0.1, 0.15) is 5.75 Å². The summed E-state index contributed by atoms with van der Waals surface area (Å²) in [4.78, 5) is 11.7. The lowest BCUT2D eigenvalue weighted by Crippen LogP contribution is -2.36. The van der Waals surface area contributed by atoms with Crippen LogP contribution >= 0.6 is 23.2 Å². The third kappa shape index (κ3) is 3.27. The lowest BCUT2D eigenvalue weighted by atomic mass is 10.2. The van der Waals surface area contributed by atoms with E-state index < -0.39 is 6.10 Å². The van der Waals surface area contributed by atoms with E-state index in [1.165, 1.54) is 0 Å². The molecule has 1 aromatic rings. The summed E-state index contributed by atoms with van der Waals surface area (Å²) < 4.78 is 5.63. The molecule has 1 aliphatic heterocycles. The van der Waals surface area contributed by atoms with Crippen molar-refractivity contribution in [2.75, 3.05) is 6.54 Å². The molecule has 0 radical (unpaired) electrons. The topological polar surface area (TPSA) is 38.3 Å². The van der Waals surface area contributed by atoms with Crippen molar-refractivity contribution in [3.63, 3.8) is 0 Å². The summed E-state index contributed by atoms with van der Waals surface area (Å²) in [6.45, 7) is 0.710. The van der Waals surface area contributed by atoms with E-state index in [9.17, 15) is 4.79 Å². The summed E-state index contributed by atoms with van der Waals surface area (Å²) >= 11 is 11.9. The molecule has 0 spiro atoms. The number of hydrogen-bond donors (Lipinski definition) is 1. The summed E-state index contributed by atoms with van der Waals surface area (Å²) in [7, 11) is 0. The van der Waals surface area contributed by atoms with Gasteiger partial charge in [0.2, 0.25) is 0 Å². The third-order valence-corrected chi connectivity index (χ3v) is 3.19. The van der Waals surface area contributed by atoms with E-state index in [1.807, 2.05) is 0 Å². The van der Waals surface area contributed by atoms with E-state index in [1.54, 1.807) is 18.2 Å². The molecular weight excluding hydrogens is 261 g/mol. The zero-order chi connectivity index (χ0) is 12.3. The molecule has 1 fully saturated rings. The van der Waals surface area contributed by atoms with Gasteiger partial charge in [-0.2, -0.15) is 0 Å². The van der Waals surface area contributed by atoms with Crippen LogP contribution in [0, 0.1) is 0 Å². The Morgan fingerprint density at radius 1 is 1.29 bits per heavy atom. The number of rotatable bonds is 2. The fourth-order valence-electron chi connectivity index (χ4n) is 1.74. The molecule has 1 aliphatic rings. The second kappa shape index (κ2) is 5.61. The highest BCUT2D eigenvalue weighted by atomic mass is 35.5. The first kappa shape index (κ1) is 12.5. The van der Waals surface area contributed by atoms with Crippen molar-refractivity contribution in [1.82, 2.24) is 5.32 Å². The number of carbonyl (C=O) groups is 1. The minimum atomic E-state index is -0.478. The maximum absolute atomic E-state index is 11.7. The molecular formula is C12H13Cl2NO2. The molecule has 1 saturated heterocycles. The van der Waals surface area contributed by atoms with Crippen molar-refractivity contribution in [3.05, 3.63) is 28.2 Å². The van der Waals surface area contributed by atoms with Gasteiger partial charge in [-0.15, -0.1) is 0 Å². The van der Waals surface area contributed by atoms with Crippen molar-refractivity contribution in [2.45, 2.75) is 25.4 Å². The molecule has 92 valence electrons. The van der Waals surface area contributed by atoms with Crippen LogP contribution in [0.1, 0.15) is 19.3 Å². The molecule has 5 heteroatoms. The Labute approximate surface area is 110 Å². The minimum absolute atomic E-state index is 0.0847. The van der Waals surface area contributed by atoms with Crippen molar-refractivity contribution in [1.29, 1.82) is 0 Å². The predicted octanol–water partition coefficient (Wildman–Crippen LogP) is 3.04. The van der Waals surface area contributed by atoms with Crippen LogP contribution in [0.3, 0.4) is 0 Å². The summed E-state index contributed by atoms with van der Waals surface area (Å²) in [5.41, 5.74) is 0. The maximum atomic E-state index is 11.7. The van der Waals surface area contributed by atoms with Crippen molar-refractivity contribution in [3.8, 4) is 5.75 Å². The average Bonchev–Trinajstić information content (AvgIpc) is 2.50. The first-order valence-electron chi connectivity index (χ1n) is 5.56. The molecule has 0 bridgehead atoms. The number of benzene rings is 1. The zero-order valence-electron chi connectivity index (χ0n) is 9.21. The Bertz CT molecular complexity index is 423. The Morgan fingerprint density at radius 3 is 2.94 bits per heavy atom. The van der Waals surface area contributed by atoms with Crippen LogP contribution in [-0.2, 0) is 4.79 Å². The SMILES string of the molecule is O=C1NCCCCC1Oc1cc(Cl)ccc1Cl. The van der Waals surface area contributed by atoms with Gasteiger partial charge in [-0.3, -0.25) is 4.79 Å². The molecule has 2 rings (SSSR count). The molecule has 0 aromatic heterocycles. The highest BCUT2D eigenvalue weighted by Crippen LogP contribution is 2.29. The fraction of sp³-hybridized carbons (Fsp3) is 0.417. The molecule has 1 N–H and O–H groups in total. The first-order chi connectivity index (χ1) is 8.16. The molecule has 0 aliphatic carbocycles. The molecule has 1 unspecified atom stereocenters. The summed E-state index contributed by atoms with van der Waals surface area (Å²) in [6, 6.07) is 4.97. The van der Waals surface area contributed by atoms with E-state index in [0.29, 0.717) is 28.8 Å². The Hall–Kier alpha value is -0.930. The molecule has 1 amide bonds. The second-order valence-electron chi connectivity index (χ2n) is 3.97. The van der Waals surface area contributed by atoms with Crippen molar-refractivity contribution in [2.24, 2.45) is 0 Å². The highest BCUT2D eigenvalue weighted by molar-refractivity contribution is 6.34. The molecule has 3 nitrogen and oxygen atoms in total. The molecule has 1 heterocycles. The second-order valence-corrected chi connectivity index (χ2v) is 4.81. The molecule has 17 heavy (non-hydrogen) atoms. The van der Waals surface area contributed by atoms with Crippen molar-refractivity contribution >= 4 is 29.1 Å². The van der Waals surface area contributed by atoms with Gasteiger partial charge < -0.3 is 10.1 Å². The van der Waals surface area contributed by atoms with E-state index in [0.717, 1.165) is 12.8 Å². The first-order valence-corrected chi connectivity index (χ1v) is 6.32. The largest absolute Gasteiger partial charge is 0.479 e. The number of hydrogen-bond acceptors (Lipinski definition) is 2. The van der Waals surface area contributed by atoms with Crippen molar-refractivity contribution < 1.29 is 9.53 Å².